The molecule has 2 amide bonds. The second-order valence-electron chi connectivity index (χ2n) is 8.15. The Balaban J connectivity index is 1.93. The molecule has 166 valence electrons. The average Bonchev–Trinajstić information content (AvgIpc) is 2.82. The van der Waals surface area contributed by atoms with Crippen molar-refractivity contribution in [1.29, 1.82) is 0 Å². The van der Waals surface area contributed by atoms with Gasteiger partial charge >= 0.3 is 0 Å². The van der Waals surface area contributed by atoms with E-state index >= 15 is 0 Å². The zero-order valence-corrected chi connectivity index (χ0v) is 18.4. The van der Waals surface area contributed by atoms with Crippen LogP contribution >= 0.6 is 0 Å². The summed E-state index contributed by atoms with van der Waals surface area (Å²) < 4.78 is 0. The average molecular weight is 431 g/mol. The molecule has 3 aromatic rings. The van der Waals surface area contributed by atoms with Gasteiger partial charge in [-0.3, -0.25) is 9.59 Å². The van der Waals surface area contributed by atoms with Crippen molar-refractivity contribution in [3.8, 4) is 0 Å². The highest BCUT2D eigenvalue weighted by atomic mass is 16.3. The number of nitrogens with one attached hydrogen (secondary N) is 2. The fourth-order valence-electron chi connectivity index (χ4n) is 3.65. The Morgan fingerprint density at radius 2 is 1.12 bits per heavy atom. The normalized spacial score (nSPS) is 12.9. The molecule has 3 N–H and O–H groups in total. The van der Waals surface area contributed by atoms with E-state index in [1.54, 1.807) is 0 Å². The van der Waals surface area contributed by atoms with Crippen molar-refractivity contribution in [3.05, 3.63) is 108 Å². The van der Waals surface area contributed by atoms with E-state index in [0.29, 0.717) is 5.56 Å². The predicted molar refractivity (Wildman–Crippen MR) is 126 cm³/mol. The molecule has 0 heterocycles. The van der Waals surface area contributed by atoms with Crippen LogP contribution in [0, 0.1) is 5.92 Å². The van der Waals surface area contributed by atoms with Crippen LogP contribution in [-0.2, 0) is 9.59 Å². The first-order valence-electron chi connectivity index (χ1n) is 10.9. The van der Waals surface area contributed by atoms with Crippen molar-refractivity contribution in [2.45, 2.75) is 31.8 Å². The Morgan fingerprint density at radius 3 is 1.53 bits per heavy atom. The van der Waals surface area contributed by atoms with Crippen molar-refractivity contribution in [3.63, 3.8) is 0 Å². The molecular formula is C27H30N2O3. The molecule has 32 heavy (non-hydrogen) atoms. The second-order valence-corrected chi connectivity index (χ2v) is 8.15. The SMILES string of the molecule is CC(C)[C@H](CO)NC(=O)[C@H](NC(=O)C(c1ccccc1)c1ccccc1)c1ccccc1. The number of amides is 2. The van der Waals surface area contributed by atoms with E-state index in [2.05, 4.69) is 10.6 Å². The minimum absolute atomic E-state index is 0.0532. The summed E-state index contributed by atoms with van der Waals surface area (Å²) in [7, 11) is 0. The van der Waals surface area contributed by atoms with Crippen molar-refractivity contribution < 1.29 is 14.7 Å². The predicted octanol–water partition coefficient (Wildman–Crippen LogP) is 3.81. The van der Waals surface area contributed by atoms with E-state index in [1.165, 1.54) is 0 Å². The fraction of sp³-hybridized carbons (Fsp3) is 0.259. The van der Waals surface area contributed by atoms with Crippen LogP contribution in [0.2, 0.25) is 0 Å². The van der Waals surface area contributed by atoms with Crippen molar-refractivity contribution in [2.24, 2.45) is 5.92 Å². The van der Waals surface area contributed by atoms with Gasteiger partial charge in [0.25, 0.3) is 0 Å². The molecule has 0 aromatic heterocycles. The maximum absolute atomic E-state index is 13.6. The maximum Gasteiger partial charge on any atom is 0.247 e. The minimum atomic E-state index is -0.883. The van der Waals surface area contributed by atoms with Gasteiger partial charge in [0.2, 0.25) is 11.8 Å². The van der Waals surface area contributed by atoms with Crippen LogP contribution in [0.25, 0.3) is 0 Å². The number of carbonyl (C=O) groups is 2. The van der Waals surface area contributed by atoms with Gasteiger partial charge in [0.1, 0.15) is 6.04 Å². The molecule has 5 heteroatoms. The van der Waals surface area contributed by atoms with E-state index in [9.17, 15) is 14.7 Å². The number of hydrogen-bond acceptors (Lipinski definition) is 3. The first kappa shape index (κ1) is 23.2. The molecule has 0 radical (unpaired) electrons. The number of aliphatic hydroxyl groups excluding tert-OH is 1. The Bertz CT molecular complexity index is 952. The molecule has 0 saturated heterocycles. The highest BCUT2D eigenvalue weighted by Crippen LogP contribution is 2.26. The van der Waals surface area contributed by atoms with E-state index in [0.717, 1.165) is 11.1 Å². The van der Waals surface area contributed by atoms with Crippen LogP contribution < -0.4 is 10.6 Å². The fourth-order valence-corrected chi connectivity index (χ4v) is 3.65. The van der Waals surface area contributed by atoms with Gasteiger partial charge in [0, 0.05) is 0 Å². The van der Waals surface area contributed by atoms with Gasteiger partial charge in [0.05, 0.1) is 18.6 Å². The molecule has 3 rings (SSSR count). The minimum Gasteiger partial charge on any atom is -0.394 e. The van der Waals surface area contributed by atoms with E-state index in [-0.39, 0.29) is 24.3 Å². The largest absolute Gasteiger partial charge is 0.394 e. The summed E-state index contributed by atoms with van der Waals surface area (Å²) in [6.07, 6.45) is 0. The zero-order chi connectivity index (χ0) is 22.9. The third-order valence-electron chi connectivity index (χ3n) is 5.54. The van der Waals surface area contributed by atoms with E-state index in [1.807, 2.05) is 105 Å². The molecule has 0 aliphatic rings. The van der Waals surface area contributed by atoms with Crippen LogP contribution in [0.15, 0.2) is 91.0 Å². The van der Waals surface area contributed by atoms with E-state index in [4.69, 9.17) is 0 Å². The summed E-state index contributed by atoms with van der Waals surface area (Å²) in [5, 5.41) is 15.5. The Morgan fingerprint density at radius 1 is 0.688 bits per heavy atom. The first-order valence-corrected chi connectivity index (χ1v) is 10.9. The molecule has 3 aromatic carbocycles. The number of aliphatic hydroxyl groups is 1. The molecule has 2 atom stereocenters. The number of hydrogen-bond donors (Lipinski definition) is 3. The van der Waals surface area contributed by atoms with Gasteiger partial charge in [-0.15, -0.1) is 0 Å². The molecule has 5 nitrogen and oxygen atoms in total. The summed E-state index contributed by atoms with van der Waals surface area (Å²) in [6, 6.07) is 26.9. The highest BCUT2D eigenvalue weighted by molar-refractivity contribution is 5.93. The van der Waals surface area contributed by atoms with Crippen molar-refractivity contribution in [2.75, 3.05) is 6.61 Å². The number of rotatable bonds is 9. The van der Waals surface area contributed by atoms with Crippen LogP contribution in [-0.4, -0.2) is 29.6 Å². The molecule has 0 saturated carbocycles. The Kier molecular flexibility index (Phi) is 8.17. The molecular weight excluding hydrogens is 400 g/mol. The first-order chi connectivity index (χ1) is 15.5. The molecule has 0 spiro atoms. The number of carbonyl (C=O) groups excluding carboxylic acids is 2. The number of benzene rings is 3. The molecule has 0 aliphatic heterocycles. The summed E-state index contributed by atoms with van der Waals surface area (Å²) in [5.41, 5.74) is 2.37. The lowest BCUT2D eigenvalue weighted by Crippen LogP contribution is -2.48. The summed E-state index contributed by atoms with van der Waals surface area (Å²) in [6.45, 7) is 3.69. The van der Waals surface area contributed by atoms with Crippen molar-refractivity contribution >= 4 is 11.8 Å². The smallest absolute Gasteiger partial charge is 0.247 e. The lowest BCUT2D eigenvalue weighted by molar-refractivity contribution is -0.130. The lowest BCUT2D eigenvalue weighted by Gasteiger charge is -2.26. The second kappa shape index (κ2) is 11.3. The Labute approximate surface area is 189 Å². The standard InChI is InChI=1S/C27H30N2O3/c1-19(2)23(18-30)28-27(32)25(22-16-10-5-11-17-22)29-26(31)24(20-12-6-3-7-13-20)21-14-8-4-9-15-21/h3-17,19,23-25,30H,18H2,1-2H3,(H,28,32)(H,29,31)/t23-,25+/m0/s1. The summed E-state index contributed by atoms with van der Waals surface area (Å²) in [4.78, 5) is 26.8. The highest BCUT2D eigenvalue weighted by Gasteiger charge is 2.30. The zero-order valence-electron chi connectivity index (χ0n) is 18.4. The van der Waals surface area contributed by atoms with E-state index < -0.39 is 18.0 Å². The van der Waals surface area contributed by atoms with Crippen LogP contribution in [0.5, 0.6) is 0 Å². The van der Waals surface area contributed by atoms with Gasteiger partial charge in [0.15, 0.2) is 0 Å². The molecule has 0 fully saturated rings. The molecule has 0 bridgehead atoms. The Hall–Kier alpha value is -3.44. The molecule has 0 unspecified atom stereocenters. The maximum atomic E-state index is 13.6. The van der Waals surface area contributed by atoms with Gasteiger partial charge in [-0.25, -0.2) is 0 Å². The van der Waals surface area contributed by atoms with Crippen LogP contribution in [0.3, 0.4) is 0 Å². The summed E-state index contributed by atoms with van der Waals surface area (Å²) >= 11 is 0. The molecule has 0 aliphatic carbocycles. The topological polar surface area (TPSA) is 78.4 Å². The van der Waals surface area contributed by atoms with Gasteiger partial charge in [-0.2, -0.15) is 0 Å². The van der Waals surface area contributed by atoms with Gasteiger partial charge in [-0.1, -0.05) is 105 Å². The van der Waals surface area contributed by atoms with Gasteiger partial charge in [-0.05, 0) is 22.6 Å². The third kappa shape index (κ3) is 5.83. The monoisotopic (exact) mass is 430 g/mol. The lowest BCUT2D eigenvalue weighted by atomic mass is 9.90. The van der Waals surface area contributed by atoms with Crippen molar-refractivity contribution in [1.82, 2.24) is 10.6 Å². The third-order valence-corrected chi connectivity index (χ3v) is 5.54. The quantitative estimate of drug-likeness (QED) is 0.483. The van der Waals surface area contributed by atoms with Gasteiger partial charge < -0.3 is 15.7 Å². The van der Waals surface area contributed by atoms with Crippen LogP contribution in [0.4, 0.5) is 0 Å². The van der Waals surface area contributed by atoms with Crippen LogP contribution in [0.1, 0.15) is 42.5 Å². The summed E-state index contributed by atoms with van der Waals surface area (Å²) in [5.74, 6) is -1.12.